The lowest BCUT2D eigenvalue weighted by Gasteiger charge is -2.03. The second-order valence-electron chi connectivity index (χ2n) is 5.77. The predicted molar refractivity (Wildman–Crippen MR) is 100 cm³/mol. The molecular weight excluding hydrogens is 438 g/mol. The van der Waals surface area contributed by atoms with E-state index in [9.17, 15) is 18.5 Å². The average molecular weight is 453 g/mol. The SMILES string of the molecule is Cc1ccc([N+](=O)[O-])cc1S(=O)(=O)[N+](C)=NCc1cnc2ccc(Br)cn12. The van der Waals surface area contributed by atoms with Crippen LogP contribution >= 0.6 is 15.9 Å². The Bertz CT molecular complexity index is 1190. The summed E-state index contributed by atoms with van der Waals surface area (Å²) < 4.78 is 29.0. The fourth-order valence-corrected chi connectivity index (χ4v) is 4.07. The summed E-state index contributed by atoms with van der Waals surface area (Å²) in [5, 5.41) is 15.1. The molecule has 11 heteroatoms. The van der Waals surface area contributed by atoms with Gasteiger partial charge in [0.2, 0.25) is 0 Å². The van der Waals surface area contributed by atoms with Crippen molar-refractivity contribution >= 4 is 37.3 Å². The molecule has 0 radical (unpaired) electrons. The lowest BCUT2D eigenvalue weighted by Crippen LogP contribution is -2.17. The average Bonchev–Trinajstić information content (AvgIpc) is 3.01. The molecule has 1 aromatic carbocycles. The van der Waals surface area contributed by atoms with E-state index >= 15 is 0 Å². The van der Waals surface area contributed by atoms with Crippen LogP contribution in [0.25, 0.3) is 5.65 Å². The van der Waals surface area contributed by atoms with Crippen LogP contribution in [0.1, 0.15) is 11.3 Å². The van der Waals surface area contributed by atoms with Gasteiger partial charge in [-0.1, -0.05) is 6.07 Å². The molecule has 0 bridgehead atoms. The minimum absolute atomic E-state index is 0.0708. The Balaban J connectivity index is 1.96. The van der Waals surface area contributed by atoms with Crippen molar-refractivity contribution in [2.24, 2.45) is 5.11 Å². The fourth-order valence-electron chi connectivity index (χ4n) is 2.49. The van der Waals surface area contributed by atoms with Crippen molar-refractivity contribution in [2.75, 3.05) is 7.05 Å². The van der Waals surface area contributed by atoms with Gasteiger partial charge in [0.15, 0.2) is 7.05 Å². The van der Waals surface area contributed by atoms with E-state index in [1.807, 2.05) is 18.3 Å². The van der Waals surface area contributed by atoms with E-state index in [2.05, 4.69) is 26.0 Å². The Kier molecular flexibility index (Phi) is 5.07. The third-order valence-electron chi connectivity index (χ3n) is 3.99. The summed E-state index contributed by atoms with van der Waals surface area (Å²) in [7, 11) is -2.72. The van der Waals surface area contributed by atoms with Crippen LogP contribution < -0.4 is 0 Å². The standard InChI is InChI=1S/C16H15BrN5O4S/c1-11-3-5-13(22(23)24)7-15(11)27(25,26)20(2)19-9-14-8-18-16-6-4-12(17)10-21(14)16/h3-8,10H,9H2,1-2H3/q+1. The molecule has 0 aliphatic rings. The molecule has 0 aliphatic carbocycles. The van der Waals surface area contributed by atoms with Gasteiger partial charge in [-0.3, -0.25) is 10.1 Å². The quantitative estimate of drug-likeness (QED) is 0.255. The number of nitro benzene ring substituents is 1. The van der Waals surface area contributed by atoms with Crippen molar-refractivity contribution in [3.63, 3.8) is 0 Å². The van der Waals surface area contributed by atoms with E-state index in [-0.39, 0.29) is 17.1 Å². The van der Waals surface area contributed by atoms with Gasteiger partial charge in [0.1, 0.15) is 17.1 Å². The summed E-state index contributed by atoms with van der Waals surface area (Å²) in [6, 6.07) is 7.38. The molecule has 27 heavy (non-hydrogen) atoms. The van der Waals surface area contributed by atoms with Crippen LogP contribution in [-0.4, -0.2) is 33.9 Å². The van der Waals surface area contributed by atoms with Crippen LogP contribution in [0.5, 0.6) is 0 Å². The molecule has 0 amide bonds. The minimum atomic E-state index is -4.02. The van der Waals surface area contributed by atoms with E-state index in [1.165, 1.54) is 19.2 Å². The molecule has 0 aliphatic heterocycles. The van der Waals surface area contributed by atoms with Crippen molar-refractivity contribution in [3.05, 3.63) is 68.6 Å². The zero-order valence-electron chi connectivity index (χ0n) is 14.4. The highest BCUT2D eigenvalue weighted by molar-refractivity contribution is 9.10. The first-order chi connectivity index (χ1) is 12.7. The monoisotopic (exact) mass is 452 g/mol. The Morgan fingerprint density at radius 1 is 1.30 bits per heavy atom. The van der Waals surface area contributed by atoms with Crippen molar-refractivity contribution in [2.45, 2.75) is 18.4 Å². The number of nitrogens with zero attached hydrogens (tertiary/aromatic N) is 5. The number of hydrogen-bond acceptors (Lipinski definition) is 6. The Morgan fingerprint density at radius 3 is 2.74 bits per heavy atom. The normalized spacial score (nSPS) is 12.5. The molecule has 0 fully saturated rings. The lowest BCUT2D eigenvalue weighted by molar-refractivity contribution is -0.411. The second-order valence-corrected chi connectivity index (χ2v) is 8.60. The summed E-state index contributed by atoms with van der Waals surface area (Å²) in [6.07, 6.45) is 3.43. The number of benzene rings is 1. The molecule has 0 unspecified atom stereocenters. The second kappa shape index (κ2) is 7.16. The van der Waals surface area contributed by atoms with E-state index in [4.69, 9.17) is 0 Å². The van der Waals surface area contributed by atoms with Gasteiger partial charge in [0, 0.05) is 22.8 Å². The first kappa shape index (κ1) is 19.1. The molecule has 0 saturated carbocycles. The van der Waals surface area contributed by atoms with Gasteiger partial charge in [-0.05, 0) is 49.8 Å². The van der Waals surface area contributed by atoms with Crippen LogP contribution in [0.2, 0.25) is 0 Å². The van der Waals surface area contributed by atoms with Crippen LogP contribution in [0.3, 0.4) is 0 Å². The number of aryl methyl sites for hydroxylation is 1. The van der Waals surface area contributed by atoms with E-state index in [1.54, 1.807) is 17.5 Å². The Hall–Kier alpha value is -2.66. The molecule has 0 saturated heterocycles. The number of hydrogen-bond donors (Lipinski definition) is 0. The lowest BCUT2D eigenvalue weighted by atomic mass is 10.2. The smallest absolute Gasteiger partial charge is 0.301 e. The zero-order valence-corrected chi connectivity index (χ0v) is 16.8. The maximum atomic E-state index is 12.8. The van der Waals surface area contributed by atoms with Gasteiger partial charge in [0.25, 0.3) is 5.69 Å². The number of imidazole rings is 1. The Labute approximate surface area is 163 Å². The molecule has 140 valence electrons. The zero-order chi connectivity index (χ0) is 19.8. The van der Waals surface area contributed by atoms with Crippen LogP contribution in [0.15, 0.2) is 57.2 Å². The van der Waals surface area contributed by atoms with E-state index < -0.39 is 14.9 Å². The minimum Gasteiger partial charge on any atom is -0.301 e. The molecule has 0 spiro atoms. The van der Waals surface area contributed by atoms with Crippen molar-refractivity contribution in [3.8, 4) is 0 Å². The van der Waals surface area contributed by atoms with E-state index in [0.717, 1.165) is 14.6 Å². The molecule has 2 heterocycles. The molecule has 0 N–H and O–H groups in total. The summed E-state index contributed by atoms with van der Waals surface area (Å²) in [6.45, 7) is 1.65. The summed E-state index contributed by atoms with van der Waals surface area (Å²) in [5.74, 6) is 0. The molecular formula is C16H15BrN5O4S+. The van der Waals surface area contributed by atoms with Crippen LogP contribution in [0, 0.1) is 17.0 Å². The maximum Gasteiger partial charge on any atom is 0.417 e. The highest BCUT2D eigenvalue weighted by atomic mass is 79.9. The number of nitro groups is 1. The van der Waals surface area contributed by atoms with Gasteiger partial charge >= 0.3 is 10.0 Å². The van der Waals surface area contributed by atoms with Gasteiger partial charge in [-0.15, -0.1) is 0 Å². The number of azo groups is 1. The number of fused-ring (bicyclic) bond motifs is 1. The van der Waals surface area contributed by atoms with Crippen molar-refractivity contribution in [1.82, 2.24) is 9.38 Å². The topological polar surface area (TPSA) is 110 Å². The molecule has 9 nitrogen and oxygen atoms in total. The summed E-state index contributed by atoms with van der Waals surface area (Å²) >= 11 is 3.38. The number of rotatable bonds is 5. The number of non-ortho nitro benzene ring substituents is 1. The van der Waals surface area contributed by atoms with Crippen molar-refractivity contribution < 1.29 is 17.4 Å². The molecule has 3 aromatic rings. The number of sulfonamides is 1. The van der Waals surface area contributed by atoms with Gasteiger partial charge in [0.05, 0.1) is 16.8 Å². The predicted octanol–water partition coefficient (Wildman–Crippen LogP) is 3.30. The largest absolute Gasteiger partial charge is 0.417 e. The van der Waals surface area contributed by atoms with Gasteiger partial charge < -0.3 is 4.40 Å². The van der Waals surface area contributed by atoms with Crippen LogP contribution in [-0.2, 0) is 16.6 Å². The summed E-state index contributed by atoms with van der Waals surface area (Å²) in [4.78, 5) is 14.4. The first-order valence-electron chi connectivity index (χ1n) is 7.73. The highest BCUT2D eigenvalue weighted by Gasteiger charge is 2.30. The number of pyridine rings is 1. The number of aromatic nitrogens is 2. The van der Waals surface area contributed by atoms with Gasteiger partial charge in [-0.2, -0.15) is 8.42 Å². The third-order valence-corrected chi connectivity index (χ3v) is 6.26. The van der Waals surface area contributed by atoms with Crippen LogP contribution in [0.4, 0.5) is 5.69 Å². The molecule has 3 rings (SSSR count). The number of halogens is 1. The van der Waals surface area contributed by atoms with Gasteiger partial charge in [-0.25, -0.2) is 4.98 Å². The molecule has 2 aromatic heterocycles. The highest BCUT2D eigenvalue weighted by Crippen LogP contribution is 2.23. The fraction of sp³-hybridized carbons (Fsp3) is 0.188. The maximum absolute atomic E-state index is 12.8. The first-order valence-corrected chi connectivity index (χ1v) is 9.96. The third kappa shape index (κ3) is 3.74. The summed E-state index contributed by atoms with van der Waals surface area (Å²) in [5.41, 5.74) is 1.52. The van der Waals surface area contributed by atoms with Crippen molar-refractivity contribution in [1.29, 1.82) is 0 Å². The van der Waals surface area contributed by atoms with E-state index in [0.29, 0.717) is 16.9 Å². The Morgan fingerprint density at radius 2 is 2.04 bits per heavy atom. The molecule has 0 atom stereocenters.